The minimum atomic E-state index is -4.05. The van der Waals surface area contributed by atoms with E-state index in [0.717, 1.165) is 11.1 Å². The first-order chi connectivity index (χ1) is 33.3. The first kappa shape index (κ1) is 57.5. The number of carboxylic acid groups (broad SMARTS) is 2. The van der Waals surface area contributed by atoms with E-state index in [1.54, 1.807) is 49.4 Å². The zero-order valence-corrected chi connectivity index (χ0v) is 42.0. The van der Waals surface area contributed by atoms with Crippen molar-refractivity contribution in [1.82, 2.24) is 14.9 Å². The topological polar surface area (TPSA) is 272 Å². The average molecular weight is 1020 g/mol. The third kappa shape index (κ3) is 19.2. The van der Waals surface area contributed by atoms with Crippen LogP contribution in [0.1, 0.15) is 70.9 Å². The molecule has 388 valence electrons. The number of hydrogen-bond donors (Lipinski definition) is 5. The Labute approximate surface area is 409 Å². The lowest BCUT2D eigenvalue weighted by atomic mass is 10.00. The molecule has 0 bridgehead atoms. The second kappa shape index (κ2) is 28.7. The molecule has 3 aromatic carbocycles. The van der Waals surface area contributed by atoms with Crippen LogP contribution in [-0.2, 0) is 65.4 Å². The molecule has 1 amide bonds. The molecule has 2 heterocycles. The Morgan fingerprint density at radius 1 is 0.871 bits per heavy atom. The van der Waals surface area contributed by atoms with Crippen LogP contribution in [0.2, 0.25) is 0 Å². The molecule has 2 fully saturated rings. The Balaban J connectivity index is 0.000000956. The molecule has 1 unspecified atom stereocenters. The number of carbonyl (C=O) groups excluding carboxylic acids is 2. The number of nitrogens with zero attached hydrogens (tertiary/aromatic N) is 1. The highest BCUT2D eigenvalue weighted by Gasteiger charge is 2.44. The minimum absolute atomic E-state index is 0.0333. The number of carbonyl (C=O) groups is 4. The van der Waals surface area contributed by atoms with E-state index >= 15 is 0 Å². The molecule has 5 N–H and O–H groups in total. The molecule has 0 spiro atoms. The summed E-state index contributed by atoms with van der Waals surface area (Å²) in [7, 11) is -6.36. The summed E-state index contributed by atoms with van der Waals surface area (Å²) in [5, 5.41) is 34.1. The van der Waals surface area contributed by atoms with Crippen LogP contribution >= 0.6 is 7.60 Å². The van der Waals surface area contributed by atoms with Gasteiger partial charge < -0.3 is 54.2 Å². The van der Waals surface area contributed by atoms with Gasteiger partial charge >= 0.3 is 31.6 Å². The first-order valence-corrected chi connectivity index (χ1v) is 26.4. The molecule has 0 saturated carbocycles. The van der Waals surface area contributed by atoms with Gasteiger partial charge in [0, 0.05) is 39.0 Å². The van der Waals surface area contributed by atoms with Crippen molar-refractivity contribution in [2.45, 2.75) is 108 Å². The van der Waals surface area contributed by atoms with Crippen molar-refractivity contribution in [2.75, 3.05) is 52.7 Å². The Kier molecular flexibility index (Phi) is 23.5. The fraction of sp³-hybridized carbons (Fsp3) is 0.542. The number of alkyl carbamates (subject to hydrolysis) is 1. The van der Waals surface area contributed by atoms with Gasteiger partial charge in [-0.1, -0.05) is 56.3 Å². The van der Waals surface area contributed by atoms with Crippen LogP contribution in [0.15, 0.2) is 83.8 Å². The summed E-state index contributed by atoms with van der Waals surface area (Å²) in [5.74, 6) is -1.71. The number of sulfonamides is 1. The van der Waals surface area contributed by atoms with E-state index < -0.39 is 72.3 Å². The van der Waals surface area contributed by atoms with Gasteiger partial charge in [0.05, 0.1) is 56.1 Å². The standard InChI is InChI=1S/C42H58N3O13PS.C6H10O4/c1-6-53-40(47)30(4)57-59(49,58-34-10-8-7-9-11-34)23-21-43-25-32-14-12-31(13-15-32)24-37(44-42(48)56-39-28-55-41-36(39)20-22-54-41)38(46)27-45(26-29(2)3)60(50,51)35-18-16-33(52-5)17-19-35;7-5(8)3-1-2-4-6(9)10/h7-19,29-30,36-39,41,43,46H,6,20-28H2,1-5H3,(H,44,48);1-4H2,(H,7,8)(H,9,10)/t30-,36-,37-,38+,39-,41+,59?;/m0./s1. The van der Waals surface area contributed by atoms with Gasteiger partial charge in [-0.05, 0) is 93.0 Å². The Bertz CT molecular complexity index is 2240. The quantitative estimate of drug-likeness (QED) is 0.0324. The van der Waals surface area contributed by atoms with Crippen molar-refractivity contribution in [3.63, 3.8) is 0 Å². The number of nitrogens with one attached hydrogen (secondary N) is 2. The number of aliphatic hydroxyl groups is 1. The van der Waals surface area contributed by atoms with Crippen LogP contribution in [0.3, 0.4) is 0 Å². The monoisotopic (exact) mass is 1020 g/mol. The summed E-state index contributed by atoms with van der Waals surface area (Å²) < 4.78 is 81.5. The lowest BCUT2D eigenvalue weighted by molar-refractivity contribution is -0.150. The summed E-state index contributed by atoms with van der Waals surface area (Å²) in [4.78, 5) is 45.5. The van der Waals surface area contributed by atoms with Crippen LogP contribution in [0.25, 0.3) is 0 Å². The number of hydrogen-bond acceptors (Lipinski definition) is 16. The number of fused-ring (bicyclic) bond motifs is 1. The third-order valence-electron chi connectivity index (χ3n) is 11.0. The number of unbranched alkanes of at least 4 members (excludes halogenated alkanes) is 1. The van der Waals surface area contributed by atoms with Gasteiger partial charge in [-0.2, -0.15) is 4.31 Å². The van der Waals surface area contributed by atoms with E-state index in [2.05, 4.69) is 10.6 Å². The van der Waals surface area contributed by atoms with Gasteiger partial charge in [-0.15, -0.1) is 0 Å². The molecule has 2 aliphatic heterocycles. The number of amides is 1. The van der Waals surface area contributed by atoms with Gasteiger partial charge in [0.2, 0.25) is 10.0 Å². The first-order valence-electron chi connectivity index (χ1n) is 23.3. The molecule has 7 atom stereocenters. The Morgan fingerprint density at radius 2 is 1.51 bits per heavy atom. The van der Waals surface area contributed by atoms with Gasteiger partial charge in [-0.25, -0.2) is 22.6 Å². The molecule has 20 nitrogen and oxygen atoms in total. The molecular weight excluding hydrogens is 954 g/mol. The maximum atomic E-state index is 13.9. The zero-order chi connectivity index (χ0) is 51.3. The van der Waals surface area contributed by atoms with Crippen LogP contribution in [0.5, 0.6) is 11.5 Å². The van der Waals surface area contributed by atoms with Crippen molar-refractivity contribution in [3.8, 4) is 11.5 Å². The number of methoxy groups -OCH3 is 1. The van der Waals surface area contributed by atoms with Crippen LogP contribution < -0.4 is 19.9 Å². The third-order valence-corrected chi connectivity index (χ3v) is 14.7. The highest BCUT2D eigenvalue weighted by Crippen LogP contribution is 2.49. The van der Waals surface area contributed by atoms with Crippen molar-refractivity contribution in [1.29, 1.82) is 0 Å². The smallest absolute Gasteiger partial charge is 0.407 e. The lowest BCUT2D eigenvalue weighted by Crippen LogP contribution is -2.51. The fourth-order valence-electron chi connectivity index (χ4n) is 7.42. The number of ether oxygens (including phenoxy) is 5. The zero-order valence-electron chi connectivity index (χ0n) is 40.3. The fourth-order valence-corrected chi connectivity index (χ4v) is 10.7. The molecular formula is C48H68N3O17PS. The number of benzene rings is 3. The number of carboxylic acids is 2. The van der Waals surface area contributed by atoms with Gasteiger partial charge in [0.1, 0.15) is 17.6 Å². The molecule has 2 saturated heterocycles. The van der Waals surface area contributed by atoms with E-state index in [-0.39, 0.29) is 75.0 Å². The highest BCUT2D eigenvalue weighted by molar-refractivity contribution is 7.89. The number of para-hydroxylation sites is 1. The Hall–Kier alpha value is -5.12. The number of esters is 1. The van der Waals surface area contributed by atoms with Crippen molar-refractivity contribution in [3.05, 3.63) is 90.0 Å². The lowest BCUT2D eigenvalue weighted by Gasteiger charge is -2.31. The average Bonchev–Trinajstić information content (AvgIpc) is 3.95. The molecule has 0 aromatic heterocycles. The number of aliphatic hydroxyl groups excluding tert-OH is 1. The van der Waals surface area contributed by atoms with Gasteiger partial charge in [0.15, 0.2) is 12.4 Å². The largest absolute Gasteiger partial charge is 0.497 e. The molecule has 2 aliphatic rings. The minimum Gasteiger partial charge on any atom is -0.497 e. The van der Waals surface area contributed by atoms with Crippen LogP contribution in [-0.4, -0.2) is 135 Å². The molecule has 0 aliphatic carbocycles. The second-order valence-corrected chi connectivity index (χ2v) is 21.1. The second-order valence-electron chi connectivity index (χ2n) is 17.1. The predicted octanol–water partition coefficient (Wildman–Crippen LogP) is 5.85. The van der Waals surface area contributed by atoms with Crippen molar-refractivity contribution in [2.24, 2.45) is 11.8 Å². The molecule has 70 heavy (non-hydrogen) atoms. The maximum absolute atomic E-state index is 13.9. The molecule has 3 aromatic rings. The summed E-state index contributed by atoms with van der Waals surface area (Å²) in [6, 6.07) is 21.1. The normalized spacial score (nSPS) is 18.6. The number of rotatable bonds is 28. The van der Waals surface area contributed by atoms with Crippen molar-refractivity contribution >= 4 is 41.6 Å². The Morgan fingerprint density at radius 3 is 2.11 bits per heavy atom. The molecule has 0 radical (unpaired) electrons. The summed E-state index contributed by atoms with van der Waals surface area (Å²) >= 11 is 0. The van der Waals surface area contributed by atoms with E-state index in [0.29, 0.717) is 43.9 Å². The highest BCUT2D eigenvalue weighted by atomic mass is 32.2. The summed E-state index contributed by atoms with van der Waals surface area (Å²) in [6.45, 7) is 8.19. The van der Waals surface area contributed by atoms with Crippen molar-refractivity contribution < 1.29 is 80.2 Å². The van der Waals surface area contributed by atoms with Gasteiger partial charge in [0.25, 0.3) is 0 Å². The SMILES string of the molecule is CCOC(=O)[C@H](C)OP(=O)(CCNCc1ccc(C[C@H](NC(=O)O[C@H]2CO[C@H]3OCC[C@H]32)[C@H](O)CN(CC(C)C)S(=O)(=O)c2ccc(OC)cc2)cc1)Oc1ccccc1.O=C(O)CCCCC(=O)O. The number of aliphatic carboxylic acids is 2. The predicted molar refractivity (Wildman–Crippen MR) is 256 cm³/mol. The van der Waals surface area contributed by atoms with E-state index in [9.17, 15) is 37.3 Å². The van der Waals surface area contributed by atoms with E-state index in [1.807, 2.05) is 38.1 Å². The molecule has 5 rings (SSSR count). The maximum Gasteiger partial charge on any atom is 0.407 e. The molecule has 22 heteroatoms. The van der Waals surface area contributed by atoms with Crippen LogP contribution in [0.4, 0.5) is 4.79 Å². The van der Waals surface area contributed by atoms with E-state index in [1.165, 1.54) is 30.5 Å². The van der Waals surface area contributed by atoms with Gasteiger partial charge in [-0.3, -0.25) is 14.1 Å². The summed E-state index contributed by atoms with van der Waals surface area (Å²) in [6.07, 6.45) is -2.34. The summed E-state index contributed by atoms with van der Waals surface area (Å²) in [5.41, 5.74) is 1.64. The van der Waals surface area contributed by atoms with E-state index in [4.69, 9.17) is 42.9 Å². The van der Waals surface area contributed by atoms with Crippen LogP contribution in [0, 0.1) is 11.8 Å².